The topological polar surface area (TPSA) is 136 Å². The number of rotatable bonds is 7. The van der Waals surface area contributed by atoms with Crippen LogP contribution in [0.4, 0.5) is 13.2 Å². The molecule has 10 nitrogen and oxygen atoms in total. The zero-order valence-electron chi connectivity index (χ0n) is 28.6. The highest BCUT2D eigenvalue weighted by Crippen LogP contribution is 2.59. The van der Waals surface area contributed by atoms with Gasteiger partial charge in [0.15, 0.2) is 0 Å². The Labute approximate surface area is 317 Å². The summed E-state index contributed by atoms with van der Waals surface area (Å²) in [5.41, 5.74) is -4.16. The fourth-order valence-electron chi connectivity index (χ4n) is 6.54. The van der Waals surface area contributed by atoms with Gasteiger partial charge in [0.25, 0.3) is 5.91 Å². The van der Waals surface area contributed by atoms with Crippen LogP contribution in [-0.2, 0) is 37.5 Å². The number of carbonyl (C=O) groups is 3. The minimum absolute atomic E-state index is 0.0347. The molecule has 0 aliphatic carbocycles. The number of amides is 3. The van der Waals surface area contributed by atoms with E-state index in [9.17, 15) is 41.9 Å². The van der Waals surface area contributed by atoms with Crippen LogP contribution in [0, 0.1) is 11.2 Å². The average Bonchev–Trinajstić information content (AvgIpc) is 3.54. The Morgan fingerprint density at radius 1 is 1.02 bits per heavy atom. The molecule has 0 bridgehead atoms. The molecule has 3 aromatic carbocycles. The smallest absolute Gasteiger partial charge is 0.370 e. The second-order valence-corrected chi connectivity index (χ2v) is 17.7. The number of alkyl halides is 2. The summed E-state index contributed by atoms with van der Waals surface area (Å²) in [5.74, 6) is -2.24. The first-order valence-corrected chi connectivity index (χ1v) is 19.6. The number of hydrogen-bond acceptors (Lipinski definition) is 6. The Morgan fingerprint density at radius 2 is 1.72 bits per heavy atom. The normalized spacial score (nSPS) is 18.8. The van der Waals surface area contributed by atoms with Crippen LogP contribution >= 0.6 is 42.1 Å². The second kappa shape index (κ2) is 14.6. The summed E-state index contributed by atoms with van der Waals surface area (Å²) in [6.07, 6.45) is -0.559. The maximum atomic E-state index is 14.6. The largest absolute Gasteiger partial charge is 0.399 e. The van der Waals surface area contributed by atoms with Gasteiger partial charge in [-0.1, -0.05) is 74.3 Å². The first kappa shape index (κ1) is 39.2. The second-order valence-electron chi connectivity index (χ2n) is 14.1. The van der Waals surface area contributed by atoms with Crippen molar-refractivity contribution in [3.05, 3.63) is 104 Å². The third-order valence-electron chi connectivity index (χ3n) is 9.42. The standard InChI is InChI=1S/C36H35Cl2F3N3O7PS/c1-35(2,3)31(42-32(45)30-14-21-12-22(8-9-29(21)53-30)36(40,41)52(48,49)50)34(47)44-17-20-7-5-4-6-19(20)13-27(44)33(46)43-10-11-51-28(18-43)23-15-26(39)25(38)16-24(23)37/h4-9,12,14-16,27-28,31H,10-11,13,17-18H2,1-3H3,(H,42,45)(H2,48,49,50)/t27-,28?,31?/m0/s1. The van der Waals surface area contributed by atoms with Crippen molar-refractivity contribution in [3.63, 3.8) is 0 Å². The molecule has 0 radical (unpaired) electrons. The Morgan fingerprint density at radius 3 is 2.40 bits per heavy atom. The predicted molar refractivity (Wildman–Crippen MR) is 195 cm³/mol. The monoisotopic (exact) mass is 811 g/mol. The molecule has 17 heteroatoms. The van der Waals surface area contributed by atoms with Gasteiger partial charge in [0.05, 0.1) is 23.1 Å². The summed E-state index contributed by atoms with van der Waals surface area (Å²) >= 11 is 13.2. The van der Waals surface area contributed by atoms with Crippen molar-refractivity contribution in [1.29, 1.82) is 0 Å². The third kappa shape index (κ3) is 7.86. The highest BCUT2D eigenvalue weighted by atomic mass is 35.5. The molecular weight excluding hydrogens is 777 g/mol. The lowest BCUT2D eigenvalue weighted by molar-refractivity contribution is -0.153. The fraction of sp³-hybridized carbons (Fsp3) is 0.361. The number of fused-ring (bicyclic) bond motifs is 2. The van der Waals surface area contributed by atoms with Gasteiger partial charge in [0.2, 0.25) is 11.8 Å². The van der Waals surface area contributed by atoms with Gasteiger partial charge in [-0.05, 0) is 52.3 Å². The molecule has 1 saturated heterocycles. The number of ether oxygens (including phenoxy) is 1. The van der Waals surface area contributed by atoms with Crippen LogP contribution in [0.2, 0.25) is 10.0 Å². The lowest BCUT2D eigenvalue weighted by Crippen LogP contribution is -2.61. The van der Waals surface area contributed by atoms with Gasteiger partial charge in [-0.25, -0.2) is 4.39 Å². The molecule has 2 aliphatic rings. The summed E-state index contributed by atoms with van der Waals surface area (Å²) in [6, 6.07) is 12.2. The van der Waals surface area contributed by atoms with Crippen LogP contribution in [0.3, 0.4) is 0 Å². The van der Waals surface area contributed by atoms with Crippen molar-refractivity contribution < 1.29 is 46.6 Å². The molecule has 3 amide bonds. The number of carbonyl (C=O) groups excluding carboxylic acids is 3. The first-order chi connectivity index (χ1) is 24.8. The highest BCUT2D eigenvalue weighted by Gasteiger charge is 2.50. The van der Waals surface area contributed by atoms with E-state index in [4.69, 9.17) is 27.9 Å². The van der Waals surface area contributed by atoms with E-state index in [1.807, 2.05) is 24.3 Å². The minimum atomic E-state index is -5.82. The van der Waals surface area contributed by atoms with E-state index in [0.29, 0.717) is 10.3 Å². The molecule has 2 aliphatic heterocycles. The van der Waals surface area contributed by atoms with E-state index in [2.05, 4.69) is 5.32 Å². The molecule has 53 heavy (non-hydrogen) atoms. The summed E-state index contributed by atoms with van der Waals surface area (Å²) in [5, 5.41) is 3.00. The lowest BCUT2D eigenvalue weighted by Gasteiger charge is -2.43. The number of hydrogen-bond donors (Lipinski definition) is 3. The number of morpholine rings is 1. The van der Waals surface area contributed by atoms with Crippen LogP contribution in [0.15, 0.2) is 60.7 Å². The summed E-state index contributed by atoms with van der Waals surface area (Å²) < 4.78 is 61.0. The molecular formula is C36H35Cl2F3N3O7PS. The van der Waals surface area contributed by atoms with Crippen LogP contribution in [0.25, 0.3) is 10.1 Å². The number of nitrogens with zero attached hydrogens (tertiary/aromatic N) is 2. The van der Waals surface area contributed by atoms with Gasteiger partial charge in [-0.2, -0.15) is 8.78 Å². The highest BCUT2D eigenvalue weighted by molar-refractivity contribution is 7.52. The van der Waals surface area contributed by atoms with Crippen molar-refractivity contribution in [2.24, 2.45) is 5.41 Å². The molecule has 6 rings (SSSR count). The van der Waals surface area contributed by atoms with Gasteiger partial charge in [0.1, 0.15) is 24.0 Å². The predicted octanol–water partition coefficient (Wildman–Crippen LogP) is 7.27. The quantitative estimate of drug-likeness (QED) is 0.132. The van der Waals surface area contributed by atoms with E-state index in [1.54, 1.807) is 25.7 Å². The SMILES string of the molecule is CC(C)(C)C(NC(=O)c1cc2cc(C(F)(F)P(=O)(O)O)ccc2s1)C(=O)N1Cc2ccccc2C[C@H]1C(=O)N1CCOC(c2cc(F)c(Cl)cc2Cl)C1. The molecule has 2 unspecified atom stereocenters. The van der Waals surface area contributed by atoms with E-state index < -0.39 is 60.1 Å². The summed E-state index contributed by atoms with van der Waals surface area (Å²) in [4.78, 5) is 64.2. The maximum absolute atomic E-state index is 14.6. The Balaban J connectivity index is 1.28. The molecule has 0 saturated carbocycles. The van der Waals surface area contributed by atoms with Gasteiger partial charge in [-0.3, -0.25) is 18.9 Å². The van der Waals surface area contributed by atoms with Crippen molar-refractivity contribution in [1.82, 2.24) is 15.1 Å². The Bertz CT molecular complexity index is 2160. The van der Waals surface area contributed by atoms with Crippen LogP contribution < -0.4 is 5.32 Å². The zero-order valence-corrected chi connectivity index (χ0v) is 31.8. The van der Waals surface area contributed by atoms with Crippen LogP contribution in [0.1, 0.15) is 58.8 Å². The minimum Gasteiger partial charge on any atom is -0.370 e. The number of benzene rings is 3. The van der Waals surface area contributed by atoms with Gasteiger partial charge < -0.3 is 29.6 Å². The number of thiophene rings is 1. The van der Waals surface area contributed by atoms with E-state index in [0.717, 1.165) is 34.6 Å². The fourth-order valence-corrected chi connectivity index (χ4v) is 8.46. The van der Waals surface area contributed by atoms with Crippen molar-refractivity contribution >= 4 is 69.9 Å². The molecule has 4 aromatic rings. The molecule has 3 atom stereocenters. The Hall–Kier alpha value is -3.49. The third-order valence-corrected chi connectivity index (χ3v) is 12.1. The van der Waals surface area contributed by atoms with Gasteiger partial charge in [-0.15, -0.1) is 11.3 Å². The summed E-state index contributed by atoms with van der Waals surface area (Å²) in [7, 11) is -5.82. The maximum Gasteiger partial charge on any atom is 0.399 e. The van der Waals surface area contributed by atoms with Crippen LogP contribution in [0.5, 0.6) is 0 Å². The molecule has 3 heterocycles. The summed E-state index contributed by atoms with van der Waals surface area (Å²) in [6.45, 7) is 5.72. The van der Waals surface area contributed by atoms with Crippen LogP contribution in [-0.4, -0.2) is 69.1 Å². The molecule has 0 spiro atoms. The Kier molecular flexibility index (Phi) is 10.8. The molecule has 1 fully saturated rings. The van der Waals surface area contributed by atoms with Crippen molar-refractivity contribution in [3.8, 4) is 0 Å². The lowest BCUT2D eigenvalue weighted by atomic mass is 9.84. The first-order valence-electron chi connectivity index (χ1n) is 16.5. The molecule has 282 valence electrons. The molecule has 3 N–H and O–H groups in total. The van der Waals surface area contributed by atoms with Crippen molar-refractivity contribution in [2.75, 3.05) is 19.7 Å². The molecule has 1 aromatic heterocycles. The number of halogens is 5. The van der Waals surface area contributed by atoms with Crippen molar-refractivity contribution in [2.45, 2.75) is 57.6 Å². The average molecular weight is 813 g/mol. The zero-order chi connectivity index (χ0) is 38.6. The van der Waals surface area contributed by atoms with E-state index in [-0.39, 0.29) is 58.9 Å². The van der Waals surface area contributed by atoms with Gasteiger partial charge in [0, 0.05) is 40.4 Å². The van der Waals surface area contributed by atoms with E-state index in [1.165, 1.54) is 29.2 Å². The van der Waals surface area contributed by atoms with E-state index >= 15 is 0 Å². The number of nitrogens with one attached hydrogen (secondary N) is 1. The van der Waals surface area contributed by atoms with Gasteiger partial charge >= 0.3 is 13.3 Å².